The highest BCUT2D eigenvalue weighted by Crippen LogP contribution is 2.29. The third kappa shape index (κ3) is 3.35. The largest absolute Gasteiger partial charge is 0.463 e. The van der Waals surface area contributed by atoms with E-state index in [0.717, 1.165) is 12.8 Å². The van der Waals surface area contributed by atoms with Crippen LogP contribution in [0.1, 0.15) is 19.8 Å². The molecule has 0 aromatic heterocycles. The van der Waals surface area contributed by atoms with E-state index in [9.17, 15) is 4.79 Å². The highest BCUT2D eigenvalue weighted by molar-refractivity contribution is 5.73. The molecule has 2 atom stereocenters. The standard InChI is InChI=1S/C14H21NO3/c1-2-17-7-8-18-14(16)12-9-11-5-3-4-6-13(11)15-10-12/h3-4,6,11-12,15H,2,5,7-10H2,1H3. The van der Waals surface area contributed by atoms with Crippen LogP contribution in [0.4, 0.5) is 0 Å². The summed E-state index contributed by atoms with van der Waals surface area (Å²) in [6.07, 6.45) is 8.22. The number of fused-ring (bicyclic) bond motifs is 1. The summed E-state index contributed by atoms with van der Waals surface area (Å²) in [5.41, 5.74) is 1.26. The maximum Gasteiger partial charge on any atom is 0.310 e. The molecule has 1 fully saturated rings. The normalized spacial score (nSPS) is 25.9. The molecule has 1 heterocycles. The van der Waals surface area contributed by atoms with Crippen molar-refractivity contribution in [3.05, 3.63) is 23.9 Å². The number of hydrogen-bond acceptors (Lipinski definition) is 4. The molecule has 4 heteroatoms. The Morgan fingerprint density at radius 2 is 2.39 bits per heavy atom. The van der Waals surface area contributed by atoms with Crippen LogP contribution in [0, 0.1) is 11.8 Å². The van der Waals surface area contributed by atoms with Crippen LogP contribution in [0.2, 0.25) is 0 Å². The van der Waals surface area contributed by atoms with E-state index in [2.05, 4.69) is 23.5 Å². The molecule has 1 N–H and O–H groups in total. The first-order valence-electron chi connectivity index (χ1n) is 6.66. The zero-order valence-electron chi connectivity index (χ0n) is 10.9. The smallest absolute Gasteiger partial charge is 0.310 e. The van der Waals surface area contributed by atoms with Crippen molar-refractivity contribution < 1.29 is 14.3 Å². The van der Waals surface area contributed by atoms with Gasteiger partial charge >= 0.3 is 5.97 Å². The SMILES string of the molecule is CCOCCOC(=O)C1CNC2=CC=CCC2C1. The van der Waals surface area contributed by atoms with Crippen molar-refractivity contribution in [1.29, 1.82) is 0 Å². The first-order valence-corrected chi connectivity index (χ1v) is 6.66. The van der Waals surface area contributed by atoms with Gasteiger partial charge in [-0.15, -0.1) is 0 Å². The summed E-state index contributed by atoms with van der Waals surface area (Å²) in [7, 11) is 0. The number of carbonyl (C=O) groups excluding carboxylic acids is 1. The topological polar surface area (TPSA) is 47.6 Å². The van der Waals surface area contributed by atoms with Gasteiger partial charge in [0.2, 0.25) is 0 Å². The summed E-state index contributed by atoms with van der Waals surface area (Å²) in [5.74, 6) is 0.323. The van der Waals surface area contributed by atoms with Crippen LogP contribution in [0.15, 0.2) is 23.9 Å². The molecule has 1 aliphatic carbocycles. The fourth-order valence-corrected chi connectivity index (χ4v) is 2.41. The van der Waals surface area contributed by atoms with Gasteiger partial charge in [0.1, 0.15) is 6.61 Å². The van der Waals surface area contributed by atoms with E-state index in [4.69, 9.17) is 9.47 Å². The van der Waals surface area contributed by atoms with Crippen molar-refractivity contribution in [2.45, 2.75) is 19.8 Å². The Hall–Kier alpha value is -1.29. The van der Waals surface area contributed by atoms with Crippen LogP contribution in [-0.4, -0.2) is 32.3 Å². The highest BCUT2D eigenvalue weighted by Gasteiger charge is 2.30. The van der Waals surface area contributed by atoms with Gasteiger partial charge in [-0.05, 0) is 25.8 Å². The third-order valence-electron chi connectivity index (χ3n) is 3.40. The molecule has 2 rings (SSSR count). The maximum absolute atomic E-state index is 11.9. The molecule has 18 heavy (non-hydrogen) atoms. The number of piperidine rings is 1. The van der Waals surface area contributed by atoms with Crippen LogP contribution in [0.3, 0.4) is 0 Å². The Balaban J connectivity index is 1.75. The van der Waals surface area contributed by atoms with Crippen molar-refractivity contribution in [3.63, 3.8) is 0 Å². The molecule has 100 valence electrons. The lowest BCUT2D eigenvalue weighted by Gasteiger charge is -2.32. The van der Waals surface area contributed by atoms with Crippen molar-refractivity contribution in [1.82, 2.24) is 5.32 Å². The summed E-state index contributed by atoms with van der Waals surface area (Å²) in [4.78, 5) is 11.9. The Morgan fingerprint density at radius 3 is 3.22 bits per heavy atom. The van der Waals surface area contributed by atoms with E-state index in [1.54, 1.807) is 0 Å². The molecule has 0 saturated carbocycles. The minimum Gasteiger partial charge on any atom is -0.463 e. The summed E-state index contributed by atoms with van der Waals surface area (Å²) in [5, 5.41) is 3.33. The highest BCUT2D eigenvalue weighted by atomic mass is 16.6. The van der Waals surface area contributed by atoms with E-state index < -0.39 is 0 Å². The molecule has 0 aromatic carbocycles. The van der Waals surface area contributed by atoms with E-state index in [0.29, 0.717) is 32.3 Å². The fourth-order valence-electron chi connectivity index (χ4n) is 2.41. The second kappa shape index (κ2) is 6.59. The molecule has 1 aliphatic heterocycles. The minimum atomic E-state index is -0.101. The molecule has 4 nitrogen and oxygen atoms in total. The fraction of sp³-hybridized carbons (Fsp3) is 0.643. The lowest BCUT2D eigenvalue weighted by atomic mass is 9.83. The minimum absolute atomic E-state index is 0.0275. The van der Waals surface area contributed by atoms with E-state index >= 15 is 0 Å². The Morgan fingerprint density at radius 1 is 1.50 bits per heavy atom. The van der Waals surface area contributed by atoms with Crippen LogP contribution < -0.4 is 5.32 Å². The predicted molar refractivity (Wildman–Crippen MR) is 68.9 cm³/mol. The van der Waals surface area contributed by atoms with Crippen molar-refractivity contribution in [2.75, 3.05) is 26.4 Å². The van der Waals surface area contributed by atoms with Crippen molar-refractivity contribution >= 4 is 5.97 Å². The average molecular weight is 251 g/mol. The molecule has 2 unspecified atom stereocenters. The molecule has 0 amide bonds. The summed E-state index contributed by atoms with van der Waals surface area (Å²) < 4.78 is 10.4. The van der Waals surface area contributed by atoms with Gasteiger partial charge in [0.05, 0.1) is 12.5 Å². The quantitative estimate of drug-likeness (QED) is 0.596. The summed E-state index contributed by atoms with van der Waals surface area (Å²) in [6.45, 7) is 4.11. The second-order valence-electron chi connectivity index (χ2n) is 4.66. The maximum atomic E-state index is 11.9. The van der Waals surface area contributed by atoms with Gasteiger partial charge in [-0.1, -0.05) is 12.2 Å². The molecular weight excluding hydrogens is 230 g/mol. The van der Waals surface area contributed by atoms with Crippen LogP contribution >= 0.6 is 0 Å². The number of esters is 1. The predicted octanol–water partition coefficient (Wildman–Crippen LogP) is 1.64. The molecule has 0 spiro atoms. The first kappa shape index (κ1) is 13.1. The Kier molecular flexibility index (Phi) is 4.81. The summed E-state index contributed by atoms with van der Waals surface area (Å²) in [6, 6.07) is 0. The number of rotatable bonds is 5. The summed E-state index contributed by atoms with van der Waals surface area (Å²) >= 11 is 0. The van der Waals surface area contributed by atoms with E-state index in [1.807, 2.05) is 6.92 Å². The third-order valence-corrected chi connectivity index (χ3v) is 3.40. The van der Waals surface area contributed by atoms with Crippen molar-refractivity contribution in [2.24, 2.45) is 11.8 Å². The van der Waals surface area contributed by atoms with Gasteiger partial charge in [0.25, 0.3) is 0 Å². The van der Waals surface area contributed by atoms with E-state index in [1.165, 1.54) is 5.70 Å². The average Bonchev–Trinajstić information content (AvgIpc) is 2.43. The van der Waals surface area contributed by atoms with Gasteiger partial charge < -0.3 is 14.8 Å². The number of nitrogens with one attached hydrogen (secondary N) is 1. The lowest BCUT2D eigenvalue weighted by Crippen LogP contribution is -2.39. The number of hydrogen-bond donors (Lipinski definition) is 1. The Labute approximate surface area is 108 Å². The zero-order valence-corrected chi connectivity index (χ0v) is 10.9. The molecule has 0 bridgehead atoms. The molecule has 2 aliphatic rings. The van der Waals surface area contributed by atoms with Crippen LogP contribution in [-0.2, 0) is 14.3 Å². The molecule has 1 saturated heterocycles. The van der Waals surface area contributed by atoms with E-state index in [-0.39, 0.29) is 11.9 Å². The van der Waals surface area contributed by atoms with Gasteiger partial charge in [-0.25, -0.2) is 0 Å². The monoisotopic (exact) mass is 251 g/mol. The Bertz CT molecular complexity index is 349. The van der Waals surface area contributed by atoms with Crippen LogP contribution in [0.5, 0.6) is 0 Å². The molecular formula is C14H21NO3. The number of allylic oxidation sites excluding steroid dienone is 4. The van der Waals surface area contributed by atoms with Gasteiger partial charge in [0, 0.05) is 24.8 Å². The van der Waals surface area contributed by atoms with Gasteiger partial charge in [-0.2, -0.15) is 0 Å². The molecule has 0 radical (unpaired) electrons. The number of carbonyl (C=O) groups is 1. The van der Waals surface area contributed by atoms with Crippen molar-refractivity contribution in [3.8, 4) is 0 Å². The lowest BCUT2D eigenvalue weighted by molar-refractivity contribution is -0.150. The second-order valence-corrected chi connectivity index (χ2v) is 4.66. The number of ether oxygens (including phenoxy) is 2. The van der Waals surface area contributed by atoms with Gasteiger partial charge in [0.15, 0.2) is 0 Å². The van der Waals surface area contributed by atoms with Crippen LogP contribution in [0.25, 0.3) is 0 Å². The molecule has 0 aromatic rings. The first-order chi connectivity index (χ1) is 8.81. The zero-order chi connectivity index (χ0) is 12.8. The van der Waals surface area contributed by atoms with Gasteiger partial charge in [-0.3, -0.25) is 4.79 Å².